The molecule has 0 radical (unpaired) electrons. The SMILES string of the molecule is N#CCC1CCOc2ccccc2O1. The van der Waals surface area contributed by atoms with E-state index in [1.807, 2.05) is 24.3 Å². The van der Waals surface area contributed by atoms with E-state index in [-0.39, 0.29) is 6.10 Å². The summed E-state index contributed by atoms with van der Waals surface area (Å²) in [6.45, 7) is 0.614. The summed E-state index contributed by atoms with van der Waals surface area (Å²) >= 11 is 0. The van der Waals surface area contributed by atoms with Gasteiger partial charge in [-0.15, -0.1) is 0 Å². The van der Waals surface area contributed by atoms with Crippen LogP contribution in [0.3, 0.4) is 0 Å². The van der Waals surface area contributed by atoms with Crippen molar-refractivity contribution >= 4 is 0 Å². The lowest BCUT2D eigenvalue weighted by molar-refractivity contribution is 0.196. The average molecular weight is 189 g/mol. The first-order valence-corrected chi connectivity index (χ1v) is 4.65. The van der Waals surface area contributed by atoms with Crippen LogP contribution in [0.1, 0.15) is 12.8 Å². The number of hydrogen-bond donors (Lipinski definition) is 0. The fraction of sp³-hybridized carbons (Fsp3) is 0.364. The summed E-state index contributed by atoms with van der Waals surface area (Å²) in [4.78, 5) is 0. The highest BCUT2D eigenvalue weighted by molar-refractivity contribution is 5.40. The summed E-state index contributed by atoms with van der Waals surface area (Å²) in [5.41, 5.74) is 0. The number of rotatable bonds is 1. The van der Waals surface area contributed by atoms with Gasteiger partial charge < -0.3 is 9.47 Å². The fourth-order valence-corrected chi connectivity index (χ4v) is 1.45. The maximum Gasteiger partial charge on any atom is 0.161 e. The Bertz CT molecular complexity index is 357. The zero-order valence-electron chi connectivity index (χ0n) is 7.77. The van der Waals surface area contributed by atoms with E-state index in [0.29, 0.717) is 13.0 Å². The number of nitriles is 1. The van der Waals surface area contributed by atoms with E-state index < -0.39 is 0 Å². The molecule has 3 heteroatoms. The maximum atomic E-state index is 8.59. The second kappa shape index (κ2) is 4.01. The highest BCUT2D eigenvalue weighted by Crippen LogP contribution is 2.30. The highest BCUT2D eigenvalue weighted by atomic mass is 16.5. The lowest BCUT2D eigenvalue weighted by Gasteiger charge is -2.11. The van der Waals surface area contributed by atoms with E-state index in [2.05, 4.69) is 6.07 Å². The minimum Gasteiger partial charge on any atom is -0.490 e. The van der Waals surface area contributed by atoms with Gasteiger partial charge in [-0.1, -0.05) is 12.1 Å². The van der Waals surface area contributed by atoms with Gasteiger partial charge in [-0.25, -0.2) is 0 Å². The predicted octanol–water partition coefficient (Wildman–Crippen LogP) is 2.13. The summed E-state index contributed by atoms with van der Waals surface area (Å²) in [7, 11) is 0. The van der Waals surface area contributed by atoms with Gasteiger partial charge in [0.15, 0.2) is 11.5 Å². The van der Waals surface area contributed by atoms with Crippen LogP contribution in [0.5, 0.6) is 11.5 Å². The first-order chi connectivity index (χ1) is 6.90. The number of para-hydroxylation sites is 2. The third-order valence-electron chi connectivity index (χ3n) is 2.16. The molecular weight excluding hydrogens is 178 g/mol. The van der Waals surface area contributed by atoms with Crippen LogP contribution in [0.2, 0.25) is 0 Å². The molecule has 2 rings (SSSR count). The van der Waals surface area contributed by atoms with E-state index in [4.69, 9.17) is 14.7 Å². The van der Waals surface area contributed by atoms with Crippen LogP contribution in [-0.4, -0.2) is 12.7 Å². The zero-order chi connectivity index (χ0) is 9.80. The van der Waals surface area contributed by atoms with E-state index in [1.165, 1.54) is 0 Å². The molecule has 0 N–H and O–H groups in total. The molecule has 0 aromatic heterocycles. The second-order valence-electron chi connectivity index (χ2n) is 3.19. The van der Waals surface area contributed by atoms with Crippen molar-refractivity contribution in [1.29, 1.82) is 5.26 Å². The molecule has 0 amide bonds. The molecular formula is C11H11NO2. The van der Waals surface area contributed by atoms with Crippen molar-refractivity contribution < 1.29 is 9.47 Å². The summed E-state index contributed by atoms with van der Waals surface area (Å²) in [6, 6.07) is 9.67. The molecule has 14 heavy (non-hydrogen) atoms. The molecule has 0 saturated heterocycles. The minimum absolute atomic E-state index is 0.0383. The second-order valence-corrected chi connectivity index (χ2v) is 3.19. The van der Waals surface area contributed by atoms with Gasteiger partial charge in [-0.05, 0) is 12.1 Å². The molecule has 1 aromatic carbocycles. The first kappa shape index (κ1) is 8.89. The van der Waals surface area contributed by atoms with E-state index >= 15 is 0 Å². The zero-order valence-corrected chi connectivity index (χ0v) is 7.77. The van der Waals surface area contributed by atoms with Gasteiger partial charge >= 0.3 is 0 Å². The number of nitrogens with zero attached hydrogens (tertiary/aromatic N) is 1. The van der Waals surface area contributed by atoms with Gasteiger partial charge in [-0.2, -0.15) is 5.26 Å². The van der Waals surface area contributed by atoms with Crippen molar-refractivity contribution in [2.24, 2.45) is 0 Å². The summed E-state index contributed by atoms with van der Waals surface area (Å²) in [6.07, 6.45) is 1.14. The van der Waals surface area contributed by atoms with Gasteiger partial charge in [0, 0.05) is 6.42 Å². The Morgan fingerprint density at radius 2 is 2.14 bits per heavy atom. The van der Waals surface area contributed by atoms with Gasteiger partial charge in [0.25, 0.3) is 0 Å². The Labute approximate surface area is 82.9 Å². The Morgan fingerprint density at radius 3 is 2.93 bits per heavy atom. The lowest BCUT2D eigenvalue weighted by Crippen LogP contribution is -2.16. The molecule has 0 fully saturated rings. The summed E-state index contributed by atoms with van der Waals surface area (Å²) < 4.78 is 11.1. The van der Waals surface area contributed by atoms with Gasteiger partial charge in [-0.3, -0.25) is 0 Å². The molecule has 0 bridgehead atoms. The third kappa shape index (κ3) is 1.80. The molecule has 0 saturated carbocycles. The molecule has 0 spiro atoms. The van der Waals surface area contributed by atoms with Crippen molar-refractivity contribution in [3.05, 3.63) is 24.3 Å². The van der Waals surface area contributed by atoms with Crippen LogP contribution in [-0.2, 0) is 0 Å². The monoisotopic (exact) mass is 189 g/mol. The van der Waals surface area contributed by atoms with Crippen LogP contribution in [0.15, 0.2) is 24.3 Å². The Balaban J connectivity index is 2.19. The fourth-order valence-electron chi connectivity index (χ4n) is 1.45. The van der Waals surface area contributed by atoms with Gasteiger partial charge in [0.05, 0.1) is 19.1 Å². The molecule has 3 nitrogen and oxygen atoms in total. The number of benzene rings is 1. The number of hydrogen-bond acceptors (Lipinski definition) is 3. The van der Waals surface area contributed by atoms with E-state index in [1.54, 1.807) is 0 Å². The molecule has 1 aliphatic heterocycles. The molecule has 1 unspecified atom stereocenters. The largest absolute Gasteiger partial charge is 0.490 e. The van der Waals surface area contributed by atoms with Crippen molar-refractivity contribution in [3.63, 3.8) is 0 Å². The maximum absolute atomic E-state index is 8.59. The van der Waals surface area contributed by atoms with Gasteiger partial charge in [0.2, 0.25) is 0 Å². The number of ether oxygens (including phenoxy) is 2. The van der Waals surface area contributed by atoms with E-state index in [0.717, 1.165) is 17.9 Å². The van der Waals surface area contributed by atoms with E-state index in [9.17, 15) is 0 Å². The minimum atomic E-state index is -0.0383. The van der Waals surface area contributed by atoms with Gasteiger partial charge in [0.1, 0.15) is 6.10 Å². The number of fused-ring (bicyclic) bond motifs is 1. The normalized spacial score (nSPS) is 19.5. The smallest absolute Gasteiger partial charge is 0.161 e. The highest BCUT2D eigenvalue weighted by Gasteiger charge is 2.17. The molecule has 72 valence electrons. The molecule has 1 aromatic rings. The topological polar surface area (TPSA) is 42.2 Å². The average Bonchev–Trinajstić information content (AvgIpc) is 2.40. The Hall–Kier alpha value is -1.69. The van der Waals surface area contributed by atoms with Crippen LogP contribution in [0.25, 0.3) is 0 Å². The Morgan fingerprint density at radius 1 is 1.36 bits per heavy atom. The lowest BCUT2D eigenvalue weighted by atomic mass is 10.2. The van der Waals surface area contributed by atoms with Crippen molar-refractivity contribution in [2.45, 2.75) is 18.9 Å². The molecule has 1 atom stereocenters. The summed E-state index contributed by atoms with van der Waals surface area (Å²) in [5, 5.41) is 8.59. The van der Waals surface area contributed by atoms with Crippen molar-refractivity contribution in [1.82, 2.24) is 0 Å². The van der Waals surface area contributed by atoms with Crippen LogP contribution in [0, 0.1) is 11.3 Å². The third-order valence-corrected chi connectivity index (χ3v) is 2.16. The Kier molecular flexibility index (Phi) is 2.55. The van der Waals surface area contributed by atoms with Crippen molar-refractivity contribution in [3.8, 4) is 17.6 Å². The van der Waals surface area contributed by atoms with Crippen molar-refractivity contribution in [2.75, 3.05) is 6.61 Å². The van der Waals surface area contributed by atoms with Crippen LogP contribution < -0.4 is 9.47 Å². The summed E-state index contributed by atoms with van der Waals surface area (Å²) in [5.74, 6) is 1.51. The van der Waals surface area contributed by atoms with Crippen LogP contribution >= 0.6 is 0 Å². The van der Waals surface area contributed by atoms with Crippen LogP contribution in [0.4, 0.5) is 0 Å². The first-order valence-electron chi connectivity index (χ1n) is 4.65. The quantitative estimate of drug-likeness (QED) is 0.679. The predicted molar refractivity (Wildman–Crippen MR) is 51.2 cm³/mol. The standard InChI is InChI=1S/C11H11NO2/c12-7-5-9-6-8-13-10-3-1-2-4-11(10)14-9/h1-4,9H,5-6,8H2. The molecule has 1 aliphatic rings. The molecule has 0 aliphatic carbocycles. The molecule has 1 heterocycles.